The van der Waals surface area contributed by atoms with E-state index in [1.165, 1.54) is 0 Å². The molecular weight excluding hydrogens is 168 g/mol. The summed E-state index contributed by atoms with van der Waals surface area (Å²) in [5, 5.41) is 12.4. The Morgan fingerprint density at radius 1 is 1.38 bits per heavy atom. The van der Waals surface area contributed by atoms with Crippen molar-refractivity contribution < 1.29 is 9.90 Å². The average molecular weight is 186 g/mol. The highest BCUT2D eigenvalue weighted by atomic mass is 16.4. The molecule has 0 saturated carbocycles. The average Bonchev–Trinajstić information content (AvgIpc) is 2.28. The maximum absolute atomic E-state index is 11.2. The normalized spacial score (nSPS) is 30.1. The highest BCUT2D eigenvalue weighted by Crippen LogP contribution is 2.25. The van der Waals surface area contributed by atoms with E-state index >= 15 is 0 Å². The molecule has 1 heterocycles. The molecule has 0 amide bonds. The molecule has 1 rings (SSSR count). The molecular formula is C9H18N2O2. The van der Waals surface area contributed by atoms with Crippen molar-refractivity contribution in [3.8, 4) is 0 Å². The molecule has 1 aliphatic heterocycles. The largest absolute Gasteiger partial charge is 0.480 e. The van der Waals surface area contributed by atoms with E-state index in [0.717, 1.165) is 25.9 Å². The molecule has 1 saturated heterocycles. The molecule has 0 aromatic heterocycles. The van der Waals surface area contributed by atoms with E-state index in [-0.39, 0.29) is 0 Å². The maximum atomic E-state index is 11.2. The second kappa shape index (κ2) is 4.07. The number of likely N-dealkylation sites (N-methyl/N-ethyl adjacent to an activating group) is 1. The Hall–Kier alpha value is -0.610. The summed E-state index contributed by atoms with van der Waals surface area (Å²) in [5.41, 5.74) is -0.649. The van der Waals surface area contributed by atoms with Gasteiger partial charge in [0.2, 0.25) is 0 Å². The first-order valence-corrected chi connectivity index (χ1v) is 4.71. The van der Waals surface area contributed by atoms with Crippen LogP contribution in [0.4, 0.5) is 0 Å². The van der Waals surface area contributed by atoms with Crippen molar-refractivity contribution in [3.05, 3.63) is 0 Å². The number of nitrogens with one attached hydrogen (secondary N) is 1. The predicted octanol–water partition coefficient (Wildman–Crippen LogP) is 0.145. The Labute approximate surface area is 78.9 Å². The van der Waals surface area contributed by atoms with Crippen LogP contribution in [0.15, 0.2) is 0 Å². The van der Waals surface area contributed by atoms with E-state index in [2.05, 4.69) is 5.32 Å². The first-order chi connectivity index (χ1) is 6.09. The summed E-state index contributed by atoms with van der Waals surface area (Å²) in [5.74, 6) is -0.693. The summed E-state index contributed by atoms with van der Waals surface area (Å²) in [6.45, 7) is 1.73. The Bertz CT molecular complexity index is 184. The minimum absolute atomic E-state index is 0.649. The van der Waals surface area contributed by atoms with Crippen LogP contribution in [0.5, 0.6) is 0 Å². The smallest absolute Gasteiger partial charge is 0.324 e. The number of rotatable bonds is 2. The van der Waals surface area contributed by atoms with Crippen LogP contribution in [0.1, 0.15) is 19.3 Å². The van der Waals surface area contributed by atoms with Crippen molar-refractivity contribution >= 4 is 5.97 Å². The summed E-state index contributed by atoms with van der Waals surface area (Å²) >= 11 is 0. The van der Waals surface area contributed by atoms with Crippen LogP contribution in [0, 0.1) is 0 Å². The van der Waals surface area contributed by atoms with Crippen molar-refractivity contribution in [1.82, 2.24) is 10.2 Å². The van der Waals surface area contributed by atoms with Crippen LogP contribution in [0.3, 0.4) is 0 Å². The Balaban J connectivity index is 2.80. The number of hydrogen-bond acceptors (Lipinski definition) is 3. The molecule has 0 spiro atoms. The van der Waals surface area contributed by atoms with Gasteiger partial charge < -0.3 is 10.4 Å². The van der Waals surface area contributed by atoms with Gasteiger partial charge in [0, 0.05) is 0 Å². The van der Waals surface area contributed by atoms with E-state index in [4.69, 9.17) is 0 Å². The maximum Gasteiger partial charge on any atom is 0.324 e. The molecule has 0 radical (unpaired) electrons. The fourth-order valence-corrected chi connectivity index (χ4v) is 1.90. The highest BCUT2D eigenvalue weighted by Gasteiger charge is 2.40. The van der Waals surface area contributed by atoms with E-state index in [1.54, 1.807) is 0 Å². The quantitative estimate of drug-likeness (QED) is 0.644. The van der Waals surface area contributed by atoms with Crippen molar-refractivity contribution in [1.29, 1.82) is 0 Å². The van der Waals surface area contributed by atoms with Crippen molar-refractivity contribution in [2.75, 3.05) is 27.2 Å². The monoisotopic (exact) mass is 186 g/mol. The van der Waals surface area contributed by atoms with Gasteiger partial charge >= 0.3 is 5.97 Å². The lowest BCUT2D eigenvalue weighted by molar-refractivity contribution is -0.150. The summed E-state index contributed by atoms with van der Waals surface area (Å²) in [7, 11) is 3.69. The molecule has 0 aromatic carbocycles. The summed E-state index contributed by atoms with van der Waals surface area (Å²) < 4.78 is 0. The van der Waals surface area contributed by atoms with Crippen LogP contribution >= 0.6 is 0 Å². The molecule has 0 aromatic rings. The first kappa shape index (κ1) is 10.5. The third-order valence-corrected chi connectivity index (χ3v) is 2.91. The Morgan fingerprint density at radius 2 is 2.08 bits per heavy atom. The van der Waals surface area contributed by atoms with Crippen molar-refractivity contribution in [3.63, 3.8) is 0 Å². The summed E-state index contributed by atoms with van der Waals surface area (Å²) in [4.78, 5) is 13.0. The molecule has 13 heavy (non-hydrogen) atoms. The molecule has 4 heteroatoms. The lowest BCUT2D eigenvalue weighted by atomic mass is 9.89. The predicted molar refractivity (Wildman–Crippen MR) is 50.8 cm³/mol. The number of carboxylic acid groups (broad SMARTS) is 1. The third kappa shape index (κ3) is 2.00. The van der Waals surface area contributed by atoms with Crippen LogP contribution in [0.25, 0.3) is 0 Å². The van der Waals surface area contributed by atoms with Gasteiger partial charge in [0.15, 0.2) is 0 Å². The number of aliphatic carboxylic acids is 1. The van der Waals surface area contributed by atoms with Gasteiger partial charge in [0.1, 0.15) is 5.54 Å². The highest BCUT2D eigenvalue weighted by molar-refractivity contribution is 5.78. The van der Waals surface area contributed by atoms with Gasteiger partial charge in [-0.05, 0) is 46.4 Å². The Kier molecular flexibility index (Phi) is 3.27. The lowest BCUT2D eigenvalue weighted by Crippen LogP contribution is -2.51. The van der Waals surface area contributed by atoms with Gasteiger partial charge in [-0.3, -0.25) is 9.69 Å². The number of hydrogen-bond donors (Lipinski definition) is 2. The molecule has 4 nitrogen and oxygen atoms in total. The molecule has 1 atom stereocenters. The van der Waals surface area contributed by atoms with Crippen LogP contribution in [0.2, 0.25) is 0 Å². The molecule has 76 valence electrons. The van der Waals surface area contributed by atoms with E-state index < -0.39 is 11.5 Å². The number of carboxylic acids is 1. The van der Waals surface area contributed by atoms with Gasteiger partial charge in [0.25, 0.3) is 0 Å². The van der Waals surface area contributed by atoms with E-state index in [1.807, 2.05) is 19.0 Å². The van der Waals surface area contributed by atoms with Crippen LogP contribution in [-0.4, -0.2) is 48.7 Å². The Morgan fingerprint density at radius 3 is 2.62 bits per heavy atom. The minimum Gasteiger partial charge on any atom is -0.480 e. The second-order valence-electron chi connectivity index (χ2n) is 3.83. The second-order valence-corrected chi connectivity index (χ2v) is 3.83. The fourth-order valence-electron chi connectivity index (χ4n) is 1.90. The molecule has 1 fully saturated rings. The molecule has 1 aliphatic rings. The molecule has 0 aliphatic carbocycles. The molecule has 0 bridgehead atoms. The summed E-state index contributed by atoms with van der Waals surface area (Å²) in [6.07, 6.45) is 2.36. The standard InChI is InChI=1S/C9H18N2O2/c1-11(2)9(8(12)13)4-3-6-10-7-5-9/h10H,3-7H2,1-2H3,(H,12,13). The van der Waals surface area contributed by atoms with Crippen molar-refractivity contribution in [2.45, 2.75) is 24.8 Å². The zero-order valence-electron chi connectivity index (χ0n) is 8.34. The van der Waals surface area contributed by atoms with Gasteiger partial charge in [-0.25, -0.2) is 0 Å². The van der Waals surface area contributed by atoms with Gasteiger partial charge in [-0.15, -0.1) is 0 Å². The molecule has 2 N–H and O–H groups in total. The van der Waals surface area contributed by atoms with Gasteiger partial charge in [-0.1, -0.05) is 0 Å². The van der Waals surface area contributed by atoms with E-state index in [9.17, 15) is 9.90 Å². The third-order valence-electron chi connectivity index (χ3n) is 2.91. The zero-order chi connectivity index (χ0) is 9.90. The zero-order valence-corrected chi connectivity index (χ0v) is 8.34. The van der Waals surface area contributed by atoms with Crippen LogP contribution < -0.4 is 5.32 Å². The van der Waals surface area contributed by atoms with Gasteiger partial charge in [-0.2, -0.15) is 0 Å². The minimum atomic E-state index is -0.693. The first-order valence-electron chi connectivity index (χ1n) is 4.71. The SMILES string of the molecule is CN(C)C1(C(=O)O)CCCNCC1. The van der Waals surface area contributed by atoms with E-state index in [0.29, 0.717) is 6.42 Å². The topological polar surface area (TPSA) is 52.6 Å². The fraction of sp³-hybridized carbons (Fsp3) is 0.889. The van der Waals surface area contributed by atoms with Gasteiger partial charge in [0.05, 0.1) is 0 Å². The van der Waals surface area contributed by atoms with Crippen molar-refractivity contribution in [2.24, 2.45) is 0 Å². The number of carbonyl (C=O) groups is 1. The van der Waals surface area contributed by atoms with Crippen LogP contribution in [-0.2, 0) is 4.79 Å². The molecule has 1 unspecified atom stereocenters. The number of nitrogens with zero attached hydrogens (tertiary/aromatic N) is 1. The summed E-state index contributed by atoms with van der Waals surface area (Å²) in [6, 6.07) is 0. The lowest BCUT2D eigenvalue weighted by Gasteiger charge is -2.34.